The van der Waals surface area contributed by atoms with Gasteiger partial charge in [0.2, 0.25) is 5.95 Å². The highest BCUT2D eigenvalue weighted by Crippen LogP contribution is 2.20. The number of hydrogen-bond acceptors (Lipinski definition) is 7. The summed E-state index contributed by atoms with van der Waals surface area (Å²) in [6.07, 6.45) is 3.29. The lowest BCUT2D eigenvalue weighted by atomic mass is 10.2. The van der Waals surface area contributed by atoms with E-state index in [1.165, 1.54) is 4.68 Å². The topological polar surface area (TPSA) is 112 Å². The van der Waals surface area contributed by atoms with E-state index in [9.17, 15) is 0 Å². The normalized spacial score (nSPS) is 10.5. The molecule has 0 aliphatic rings. The van der Waals surface area contributed by atoms with Gasteiger partial charge in [0.05, 0.1) is 6.61 Å². The van der Waals surface area contributed by atoms with Gasteiger partial charge in [-0.15, -0.1) is 0 Å². The van der Waals surface area contributed by atoms with Crippen molar-refractivity contribution < 1.29 is 9.84 Å². The molecule has 0 bridgehead atoms. The van der Waals surface area contributed by atoms with Gasteiger partial charge in [-0.25, -0.2) is 4.68 Å². The van der Waals surface area contributed by atoms with Crippen LogP contribution in [0.4, 0.5) is 5.95 Å². The average molecular weight is 284 g/mol. The molecule has 0 spiro atoms. The molecule has 0 aliphatic heterocycles. The van der Waals surface area contributed by atoms with Crippen molar-refractivity contribution in [2.45, 2.75) is 6.61 Å². The number of nitrogens with zero attached hydrogens (tertiary/aromatic N) is 5. The first-order valence-electron chi connectivity index (χ1n) is 6.14. The summed E-state index contributed by atoms with van der Waals surface area (Å²) in [5.41, 5.74) is 6.38. The second-order valence-corrected chi connectivity index (χ2v) is 4.13. The molecule has 106 valence electrons. The number of aliphatic hydroxyl groups excluding tert-OH is 1. The van der Waals surface area contributed by atoms with Gasteiger partial charge >= 0.3 is 6.01 Å². The highest BCUT2D eigenvalue weighted by molar-refractivity contribution is 5.32. The SMILES string of the molecule is Nc1nc(Oc2cccc(CO)c2)nc(-n2cccn2)n1. The molecule has 0 aliphatic carbocycles. The van der Waals surface area contributed by atoms with E-state index in [4.69, 9.17) is 15.6 Å². The van der Waals surface area contributed by atoms with Gasteiger partial charge in [0, 0.05) is 12.4 Å². The lowest BCUT2D eigenvalue weighted by Gasteiger charge is -2.07. The lowest BCUT2D eigenvalue weighted by Crippen LogP contribution is -2.07. The van der Waals surface area contributed by atoms with Crippen LogP contribution in [-0.2, 0) is 6.61 Å². The van der Waals surface area contributed by atoms with Crippen molar-refractivity contribution in [3.05, 3.63) is 48.3 Å². The minimum Gasteiger partial charge on any atom is -0.424 e. The highest BCUT2D eigenvalue weighted by Gasteiger charge is 2.09. The van der Waals surface area contributed by atoms with E-state index >= 15 is 0 Å². The predicted octanol–water partition coefficient (Wildman–Crippen LogP) is 0.924. The molecule has 2 heterocycles. The molecule has 0 saturated heterocycles. The summed E-state index contributed by atoms with van der Waals surface area (Å²) in [5, 5.41) is 13.1. The number of anilines is 1. The van der Waals surface area contributed by atoms with Crippen LogP contribution in [0.5, 0.6) is 11.8 Å². The fourth-order valence-corrected chi connectivity index (χ4v) is 1.71. The molecule has 8 nitrogen and oxygen atoms in total. The van der Waals surface area contributed by atoms with Crippen molar-refractivity contribution in [3.8, 4) is 17.7 Å². The van der Waals surface area contributed by atoms with Gasteiger partial charge < -0.3 is 15.6 Å². The minimum absolute atomic E-state index is 0.0313. The van der Waals surface area contributed by atoms with Gasteiger partial charge in [0.1, 0.15) is 5.75 Å². The summed E-state index contributed by atoms with van der Waals surface area (Å²) >= 11 is 0. The highest BCUT2D eigenvalue weighted by atomic mass is 16.5. The van der Waals surface area contributed by atoms with Gasteiger partial charge in [0.15, 0.2) is 0 Å². The van der Waals surface area contributed by atoms with Crippen LogP contribution in [0.25, 0.3) is 5.95 Å². The first-order valence-corrected chi connectivity index (χ1v) is 6.14. The lowest BCUT2D eigenvalue weighted by molar-refractivity contribution is 0.281. The fraction of sp³-hybridized carbons (Fsp3) is 0.0769. The molecule has 0 saturated carbocycles. The second kappa shape index (κ2) is 5.55. The molecule has 0 radical (unpaired) electrons. The Morgan fingerprint density at radius 3 is 2.86 bits per heavy atom. The molecule has 0 amide bonds. The molecule has 3 N–H and O–H groups in total. The number of nitrogens with two attached hydrogens (primary N) is 1. The molecular weight excluding hydrogens is 272 g/mol. The van der Waals surface area contributed by atoms with Crippen LogP contribution in [0.1, 0.15) is 5.56 Å². The van der Waals surface area contributed by atoms with E-state index in [0.717, 1.165) is 5.56 Å². The molecule has 21 heavy (non-hydrogen) atoms. The minimum atomic E-state index is -0.0743. The molecule has 1 aromatic carbocycles. The third-order valence-electron chi connectivity index (χ3n) is 2.62. The molecule has 8 heteroatoms. The van der Waals surface area contributed by atoms with Crippen LogP contribution >= 0.6 is 0 Å². The van der Waals surface area contributed by atoms with Crippen LogP contribution in [0.15, 0.2) is 42.7 Å². The first-order chi connectivity index (χ1) is 10.2. The van der Waals surface area contributed by atoms with Crippen LogP contribution in [0, 0.1) is 0 Å². The Hall–Kier alpha value is -3.00. The third kappa shape index (κ3) is 2.95. The summed E-state index contributed by atoms with van der Waals surface area (Å²) in [5.74, 6) is 0.795. The van der Waals surface area contributed by atoms with Crippen molar-refractivity contribution in [3.63, 3.8) is 0 Å². The number of benzene rings is 1. The Bertz CT molecular complexity index is 744. The second-order valence-electron chi connectivity index (χ2n) is 4.13. The largest absolute Gasteiger partial charge is 0.424 e. The van der Waals surface area contributed by atoms with E-state index in [1.54, 1.807) is 42.7 Å². The van der Waals surface area contributed by atoms with E-state index < -0.39 is 0 Å². The standard InChI is InChI=1S/C13H12N6O2/c14-11-16-12(19-6-2-5-15-19)18-13(17-11)21-10-4-1-3-9(7-10)8-20/h1-7,20H,8H2,(H2,14,16,17,18). The Labute approximate surface area is 119 Å². The zero-order chi connectivity index (χ0) is 14.7. The van der Waals surface area contributed by atoms with Crippen LogP contribution in [0.3, 0.4) is 0 Å². The van der Waals surface area contributed by atoms with E-state index in [1.807, 2.05) is 0 Å². The molecule has 2 aromatic heterocycles. The van der Waals surface area contributed by atoms with Gasteiger partial charge in [0.25, 0.3) is 5.95 Å². The number of aromatic nitrogens is 5. The average Bonchev–Trinajstić information content (AvgIpc) is 3.01. The maximum absolute atomic E-state index is 9.11. The van der Waals surface area contributed by atoms with Gasteiger partial charge in [-0.2, -0.15) is 20.1 Å². The molecule has 0 atom stereocenters. The number of nitrogen functional groups attached to an aromatic ring is 1. The van der Waals surface area contributed by atoms with E-state index in [0.29, 0.717) is 5.75 Å². The van der Waals surface area contributed by atoms with Gasteiger partial charge in [-0.3, -0.25) is 0 Å². The number of aliphatic hydroxyl groups is 1. The Balaban J connectivity index is 1.91. The molecule has 0 unspecified atom stereocenters. The quantitative estimate of drug-likeness (QED) is 0.732. The van der Waals surface area contributed by atoms with E-state index in [2.05, 4.69) is 20.1 Å². The van der Waals surface area contributed by atoms with Crippen LogP contribution < -0.4 is 10.5 Å². The van der Waals surface area contributed by atoms with Crippen LogP contribution in [-0.4, -0.2) is 29.8 Å². The summed E-state index contributed by atoms with van der Waals surface area (Å²) in [6.45, 7) is -0.0743. The predicted molar refractivity (Wildman–Crippen MR) is 73.8 cm³/mol. The first kappa shape index (κ1) is 13.0. The monoisotopic (exact) mass is 284 g/mol. The zero-order valence-corrected chi connectivity index (χ0v) is 10.9. The number of ether oxygens (including phenoxy) is 1. The third-order valence-corrected chi connectivity index (χ3v) is 2.62. The van der Waals surface area contributed by atoms with Crippen molar-refractivity contribution in [2.24, 2.45) is 0 Å². The van der Waals surface area contributed by atoms with Gasteiger partial charge in [-0.05, 0) is 23.8 Å². The summed E-state index contributed by atoms with van der Waals surface area (Å²) in [7, 11) is 0. The van der Waals surface area contributed by atoms with Crippen molar-refractivity contribution in [1.29, 1.82) is 0 Å². The molecule has 3 aromatic rings. The Morgan fingerprint density at radius 2 is 2.10 bits per heavy atom. The van der Waals surface area contributed by atoms with E-state index in [-0.39, 0.29) is 24.5 Å². The number of rotatable bonds is 4. The Morgan fingerprint density at radius 1 is 1.19 bits per heavy atom. The van der Waals surface area contributed by atoms with Crippen molar-refractivity contribution in [2.75, 3.05) is 5.73 Å². The summed E-state index contributed by atoms with van der Waals surface area (Å²) in [4.78, 5) is 12.1. The fourth-order valence-electron chi connectivity index (χ4n) is 1.71. The molecular formula is C13H12N6O2. The van der Waals surface area contributed by atoms with Gasteiger partial charge in [-0.1, -0.05) is 12.1 Å². The zero-order valence-electron chi connectivity index (χ0n) is 10.9. The molecule has 0 fully saturated rings. The van der Waals surface area contributed by atoms with Crippen molar-refractivity contribution in [1.82, 2.24) is 24.7 Å². The Kier molecular flexibility index (Phi) is 3.44. The smallest absolute Gasteiger partial charge is 0.328 e. The molecule has 3 rings (SSSR count). The summed E-state index contributed by atoms with van der Waals surface area (Å²) < 4.78 is 7.00. The summed E-state index contributed by atoms with van der Waals surface area (Å²) in [6, 6.07) is 8.76. The number of hydrogen-bond donors (Lipinski definition) is 2. The maximum Gasteiger partial charge on any atom is 0.328 e. The van der Waals surface area contributed by atoms with Crippen LogP contribution in [0.2, 0.25) is 0 Å². The van der Waals surface area contributed by atoms with Crippen molar-refractivity contribution >= 4 is 5.95 Å². The maximum atomic E-state index is 9.11.